The number of rotatable bonds is 7. The molecule has 3 rings (SSSR count). The zero-order valence-corrected chi connectivity index (χ0v) is 17.7. The van der Waals surface area contributed by atoms with Gasteiger partial charge in [-0.3, -0.25) is 14.4 Å². The number of halogens is 1. The maximum Gasteiger partial charge on any atom is 0.300 e. The van der Waals surface area contributed by atoms with Crippen molar-refractivity contribution in [2.45, 2.75) is 13.5 Å². The molecule has 0 aromatic heterocycles. The second kappa shape index (κ2) is 12.3. The Hall–Kier alpha value is -3.48. The number of anilines is 1. The van der Waals surface area contributed by atoms with E-state index in [-0.39, 0.29) is 18.2 Å². The summed E-state index contributed by atoms with van der Waals surface area (Å²) in [5.41, 5.74) is 2.44. The first-order valence-electron chi connectivity index (χ1n) is 9.50. The fraction of sp³-hybridized carbons (Fsp3) is 0.125. The van der Waals surface area contributed by atoms with E-state index in [1.807, 2.05) is 36.4 Å². The number of carboxylic acids is 1. The summed E-state index contributed by atoms with van der Waals surface area (Å²) in [5, 5.41) is 13.7. The fourth-order valence-electron chi connectivity index (χ4n) is 2.67. The number of carbonyl (C=O) groups is 3. The molecular weight excluding hydrogens is 416 g/mol. The molecule has 0 fully saturated rings. The predicted molar refractivity (Wildman–Crippen MR) is 121 cm³/mol. The summed E-state index contributed by atoms with van der Waals surface area (Å²) in [5.74, 6) is -1.25. The Balaban J connectivity index is 0.000000785. The highest BCUT2D eigenvalue weighted by atomic mass is 35.5. The molecule has 0 saturated carbocycles. The lowest BCUT2D eigenvalue weighted by Gasteiger charge is -2.12. The van der Waals surface area contributed by atoms with E-state index in [0.717, 1.165) is 12.5 Å². The number of hydrogen-bond acceptors (Lipinski definition) is 4. The maximum absolute atomic E-state index is 12.8. The molecule has 6 nitrogen and oxygen atoms in total. The summed E-state index contributed by atoms with van der Waals surface area (Å²) in [7, 11) is 0. The number of benzene rings is 3. The van der Waals surface area contributed by atoms with E-state index in [0.29, 0.717) is 28.4 Å². The fourth-order valence-corrected chi connectivity index (χ4v) is 2.84. The van der Waals surface area contributed by atoms with Crippen LogP contribution in [-0.4, -0.2) is 29.3 Å². The van der Waals surface area contributed by atoms with E-state index >= 15 is 0 Å². The van der Waals surface area contributed by atoms with Crippen molar-refractivity contribution >= 4 is 34.9 Å². The molecule has 160 valence electrons. The van der Waals surface area contributed by atoms with Gasteiger partial charge < -0.3 is 15.7 Å². The Labute approximate surface area is 185 Å². The van der Waals surface area contributed by atoms with Gasteiger partial charge in [-0.25, -0.2) is 0 Å². The van der Waals surface area contributed by atoms with Crippen molar-refractivity contribution in [1.82, 2.24) is 5.32 Å². The van der Waals surface area contributed by atoms with Crippen molar-refractivity contribution in [3.63, 3.8) is 0 Å². The van der Waals surface area contributed by atoms with Crippen LogP contribution in [0.1, 0.15) is 28.4 Å². The summed E-state index contributed by atoms with van der Waals surface area (Å²) < 4.78 is 0. The normalized spacial score (nSPS) is 9.87. The smallest absolute Gasteiger partial charge is 0.300 e. The molecule has 3 aromatic carbocycles. The van der Waals surface area contributed by atoms with E-state index in [2.05, 4.69) is 10.6 Å². The van der Waals surface area contributed by atoms with Crippen LogP contribution in [0.4, 0.5) is 5.69 Å². The van der Waals surface area contributed by atoms with Crippen molar-refractivity contribution in [3.8, 4) is 0 Å². The summed E-state index contributed by atoms with van der Waals surface area (Å²) in [6.45, 7) is 1.81. The third-order valence-electron chi connectivity index (χ3n) is 3.99. The Bertz CT molecular complexity index is 1020. The number of ketones is 1. The van der Waals surface area contributed by atoms with Gasteiger partial charge in [0, 0.05) is 29.6 Å². The number of carboxylic acid groups (broad SMARTS) is 1. The Morgan fingerprint density at radius 1 is 0.903 bits per heavy atom. The highest BCUT2D eigenvalue weighted by molar-refractivity contribution is 6.31. The highest BCUT2D eigenvalue weighted by Crippen LogP contribution is 2.23. The first-order valence-corrected chi connectivity index (χ1v) is 9.88. The van der Waals surface area contributed by atoms with Gasteiger partial charge in [0.25, 0.3) is 5.97 Å². The molecule has 0 aliphatic carbocycles. The van der Waals surface area contributed by atoms with Crippen molar-refractivity contribution < 1.29 is 19.5 Å². The summed E-state index contributed by atoms with van der Waals surface area (Å²) in [4.78, 5) is 34.1. The average Bonchev–Trinajstić information content (AvgIpc) is 2.75. The minimum atomic E-state index is -0.833. The minimum absolute atomic E-state index is 0.135. The molecule has 1 amide bonds. The minimum Gasteiger partial charge on any atom is -0.481 e. The topological polar surface area (TPSA) is 95.5 Å². The molecule has 0 radical (unpaired) electrons. The molecule has 31 heavy (non-hydrogen) atoms. The first kappa shape index (κ1) is 23.8. The third kappa shape index (κ3) is 8.42. The number of nitrogens with one attached hydrogen (secondary N) is 2. The first-order chi connectivity index (χ1) is 14.9. The van der Waals surface area contributed by atoms with Crippen LogP contribution in [0.3, 0.4) is 0 Å². The zero-order valence-electron chi connectivity index (χ0n) is 17.0. The lowest BCUT2D eigenvalue weighted by molar-refractivity contribution is -0.134. The molecule has 0 spiro atoms. The number of hydrogen-bond donors (Lipinski definition) is 3. The Morgan fingerprint density at radius 3 is 2.10 bits per heavy atom. The van der Waals surface area contributed by atoms with Crippen LogP contribution in [0, 0.1) is 0 Å². The van der Waals surface area contributed by atoms with Crippen molar-refractivity contribution in [2.75, 3.05) is 11.9 Å². The van der Waals surface area contributed by atoms with Gasteiger partial charge >= 0.3 is 0 Å². The van der Waals surface area contributed by atoms with Gasteiger partial charge in [-0.2, -0.15) is 0 Å². The van der Waals surface area contributed by atoms with Crippen molar-refractivity contribution in [2.24, 2.45) is 0 Å². The van der Waals surface area contributed by atoms with Crippen LogP contribution in [0.15, 0.2) is 78.9 Å². The second-order valence-corrected chi connectivity index (χ2v) is 6.98. The van der Waals surface area contributed by atoms with E-state index in [9.17, 15) is 9.59 Å². The van der Waals surface area contributed by atoms with E-state index in [1.54, 1.807) is 42.5 Å². The van der Waals surface area contributed by atoms with Gasteiger partial charge in [0.1, 0.15) is 0 Å². The molecule has 0 saturated heterocycles. The van der Waals surface area contributed by atoms with Crippen LogP contribution in [0.2, 0.25) is 5.02 Å². The van der Waals surface area contributed by atoms with E-state index in [4.69, 9.17) is 21.5 Å². The summed E-state index contributed by atoms with van der Waals surface area (Å²) >= 11 is 6.06. The molecule has 3 aromatic rings. The standard InChI is InChI=1S/C22H19ClN2O2.C2H4O2/c23-18-11-12-20(19(13-18)22(27)17-9-5-2-6-10-17)25-21(26)15-24-14-16-7-3-1-4-8-16;1-2(3)4/h1-13,24H,14-15H2,(H,25,26);1H3,(H,3,4). The predicted octanol–water partition coefficient (Wildman–Crippen LogP) is 4.39. The summed E-state index contributed by atoms with van der Waals surface area (Å²) in [6.07, 6.45) is 0. The highest BCUT2D eigenvalue weighted by Gasteiger charge is 2.16. The van der Waals surface area contributed by atoms with Gasteiger partial charge in [-0.05, 0) is 23.8 Å². The van der Waals surface area contributed by atoms with Gasteiger partial charge in [0.15, 0.2) is 5.78 Å². The lowest BCUT2D eigenvalue weighted by atomic mass is 10.0. The largest absolute Gasteiger partial charge is 0.481 e. The molecule has 3 N–H and O–H groups in total. The number of carbonyl (C=O) groups excluding carboxylic acids is 2. The summed E-state index contributed by atoms with van der Waals surface area (Å²) in [6, 6.07) is 23.6. The molecule has 0 bridgehead atoms. The van der Waals surface area contributed by atoms with Crippen LogP contribution in [0.25, 0.3) is 0 Å². The molecular formula is C24H23ClN2O4. The molecule has 7 heteroatoms. The molecule has 0 aliphatic heterocycles. The van der Waals surface area contributed by atoms with Gasteiger partial charge in [0.2, 0.25) is 5.91 Å². The van der Waals surface area contributed by atoms with Gasteiger partial charge in [-0.1, -0.05) is 72.3 Å². The van der Waals surface area contributed by atoms with Crippen molar-refractivity contribution in [3.05, 3.63) is 101 Å². The van der Waals surface area contributed by atoms with E-state index < -0.39 is 5.97 Å². The maximum atomic E-state index is 12.8. The zero-order chi connectivity index (χ0) is 22.6. The van der Waals surface area contributed by atoms with Gasteiger partial charge in [-0.15, -0.1) is 0 Å². The molecule has 0 heterocycles. The monoisotopic (exact) mass is 438 g/mol. The molecule has 0 aliphatic rings. The van der Waals surface area contributed by atoms with Gasteiger partial charge in [0.05, 0.1) is 12.2 Å². The Morgan fingerprint density at radius 2 is 1.48 bits per heavy atom. The van der Waals surface area contributed by atoms with Crippen LogP contribution in [0.5, 0.6) is 0 Å². The van der Waals surface area contributed by atoms with Crippen LogP contribution >= 0.6 is 11.6 Å². The Kier molecular flexibility index (Phi) is 9.42. The van der Waals surface area contributed by atoms with Crippen LogP contribution in [-0.2, 0) is 16.1 Å². The number of aliphatic carboxylic acids is 1. The lowest BCUT2D eigenvalue weighted by Crippen LogP contribution is -2.28. The van der Waals surface area contributed by atoms with Crippen molar-refractivity contribution in [1.29, 1.82) is 0 Å². The molecule has 0 unspecified atom stereocenters. The second-order valence-electron chi connectivity index (χ2n) is 6.54. The van der Waals surface area contributed by atoms with E-state index in [1.165, 1.54) is 0 Å². The molecule has 0 atom stereocenters. The average molecular weight is 439 g/mol. The number of amides is 1. The quantitative estimate of drug-likeness (QED) is 0.475. The van der Waals surface area contributed by atoms with Crippen LogP contribution < -0.4 is 10.6 Å². The SMILES string of the molecule is CC(=O)O.O=C(CNCc1ccccc1)Nc1ccc(Cl)cc1C(=O)c1ccccc1. The third-order valence-corrected chi connectivity index (χ3v) is 4.23.